The number of fused-ring (bicyclic) bond motifs is 1. The van der Waals surface area contributed by atoms with E-state index in [1.165, 1.54) is 11.8 Å². The Labute approximate surface area is 216 Å². The van der Waals surface area contributed by atoms with Crippen LogP contribution < -0.4 is 9.80 Å². The molecule has 1 amide bonds. The van der Waals surface area contributed by atoms with Gasteiger partial charge in [-0.25, -0.2) is 9.37 Å². The summed E-state index contributed by atoms with van der Waals surface area (Å²) in [6.07, 6.45) is 1.61. The van der Waals surface area contributed by atoms with Crippen molar-refractivity contribution in [2.45, 2.75) is 19.4 Å². The minimum Gasteiger partial charge on any atom is -0.368 e. The number of para-hydroxylation sites is 3. The number of nitrogens with zero attached hydrogens (tertiary/aromatic N) is 5. The predicted molar refractivity (Wildman–Crippen MR) is 145 cm³/mol. The number of carbonyl (C=O) groups excluding carboxylic acids is 1. The summed E-state index contributed by atoms with van der Waals surface area (Å²) in [6, 6.07) is 25.4. The van der Waals surface area contributed by atoms with Crippen LogP contribution in [0.4, 0.5) is 16.0 Å². The molecule has 3 heterocycles. The molecule has 6 rings (SSSR count). The molecule has 6 nitrogen and oxygen atoms in total. The minimum atomic E-state index is -0.206. The first kappa shape index (κ1) is 23.5. The van der Waals surface area contributed by atoms with Crippen molar-refractivity contribution in [2.75, 3.05) is 49.1 Å². The molecule has 0 atom stereocenters. The number of amides is 1. The number of halogens is 1. The second-order valence-electron chi connectivity index (χ2n) is 9.99. The molecular weight excluding hydrogens is 465 g/mol. The normalized spacial score (nSPS) is 16.9. The summed E-state index contributed by atoms with van der Waals surface area (Å²) in [5, 5.41) is 0. The SMILES string of the molecule is O=C(C1CCN(c2nc3ccccc3n2Cc2ccccc2F)CC1)N1CCN(c2ccccc2)CC1. The largest absolute Gasteiger partial charge is 0.368 e. The predicted octanol–water partition coefficient (Wildman–Crippen LogP) is 4.79. The van der Waals surface area contributed by atoms with E-state index in [2.05, 4.69) is 38.6 Å². The van der Waals surface area contributed by atoms with Crippen molar-refractivity contribution in [3.8, 4) is 0 Å². The number of anilines is 2. The molecule has 0 aliphatic carbocycles. The molecule has 0 unspecified atom stereocenters. The molecule has 4 aromatic rings. The summed E-state index contributed by atoms with van der Waals surface area (Å²) in [5.74, 6) is 0.978. The van der Waals surface area contributed by atoms with E-state index in [1.807, 2.05) is 47.4 Å². The zero-order valence-electron chi connectivity index (χ0n) is 21.0. The lowest BCUT2D eigenvalue weighted by Crippen LogP contribution is -2.51. The molecule has 190 valence electrons. The van der Waals surface area contributed by atoms with Crippen molar-refractivity contribution in [3.63, 3.8) is 0 Å². The first-order valence-electron chi connectivity index (χ1n) is 13.2. The van der Waals surface area contributed by atoms with Crippen LogP contribution in [-0.4, -0.2) is 59.6 Å². The zero-order valence-corrected chi connectivity index (χ0v) is 21.0. The van der Waals surface area contributed by atoms with Crippen LogP contribution in [0.3, 0.4) is 0 Å². The van der Waals surface area contributed by atoms with Crippen LogP contribution in [0.1, 0.15) is 18.4 Å². The van der Waals surface area contributed by atoms with Crippen LogP contribution in [0.15, 0.2) is 78.9 Å². The fourth-order valence-electron chi connectivity index (χ4n) is 5.67. The number of hydrogen-bond donors (Lipinski definition) is 0. The molecule has 3 aromatic carbocycles. The topological polar surface area (TPSA) is 44.6 Å². The lowest BCUT2D eigenvalue weighted by Gasteiger charge is -2.39. The van der Waals surface area contributed by atoms with Gasteiger partial charge in [0, 0.05) is 56.4 Å². The van der Waals surface area contributed by atoms with Crippen LogP contribution in [-0.2, 0) is 11.3 Å². The second kappa shape index (κ2) is 10.2. The van der Waals surface area contributed by atoms with Gasteiger partial charge in [0.25, 0.3) is 0 Å². The number of rotatable bonds is 5. The Hall–Kier alpha value is -3.87. The Morgan fingerprint density at radius 2 is 1.46 bits per heavy atom. The lowest BCUT2D eigenvalue weighted by atomic mass is 9.95. The van der Waals surface area contributed by atoms with Gasteiger partial charge in [0.1, 0.15) is 5.82 Å². The van der Waals surface area contributed by atoms with E-state index in [-0.39, 0.29) is 17.6 Å². The Balaban J connectivity index is 1.13. The molecule has 2 saturated heterocycles. The van der Waals surface area contributed by atoms with Crippen molar-refractivity contribution < 1.29 is 9.18 Å². The third-order valence-corrected chi connectivity index (χ3v) is 7.76. The molecule has 2 fully saturated rings. The second-order valence-corrected chi connectivity index (χ2v) is 9.99. The van der Waals surface area contributed by atoms with Gasteiger partial charge in [0.2, 0.25) is 11.9 Å². The van der Waals surface area contributed by atoms with E-state index >= 15 is 0 Å². The molecule has 0 radical (unpaired) electrons. The van der Waals surface area contributed by atoms with Gasteiger partial charge in [-0.1, -0.05) is 48.5 Å². The van der Waals surface area contributed by atoms with Crippen LogP contribution in [0.2, 0.25) is 0 Å². The van der Waals surface area contributed by atoms with Gasteiger partial charge in [-0.05, 0) is 43.2 Å². The highest BCUT2D eigenvalue weighted by molar-refractivity contribution is 5.80. The van der Waals surface area contributed by atoms with Gasteiger partial charge in [-0.15, -0.1) is 0 Å². The molecule has 2 aliphatic rings. The van der Waals surface area contributed by atoms with Gasteiger partial charge in [-0.2, -0.15) is 0 Å². The number of piperidine rings is 1. The smallest absolute Gasteiger partial charge is 0.225 e. The van der Waals surface area contributed by atoms with Gasteiger partial charge in [0.05, 0.1) is 17.6 Å². The average Bonchev–Trinajstić information content (AvgIpc) is 3.33. The van der Waals surface area contributed by atoms with Crippen molar-refractivity contribution >= 4 is 28.6 Å². The summed E-state index contributed by atoms with van der Waals surface area (Å²) >= 11 is 0. The minimum absolute atomic E-state index is 0.0453. The molecule has 0 spiro atoms. The van der Waals surface area contributed by atoms with Crippen molar-refractivity contribution in [2.24, 2.45) is 5.92 Å². The fraction of sp³-hybridized carbons (Fsp3) is 0.333. The van der Waals surface area contributed by atoms with E-state index in [1.54, 1.807) is 6.07 Å². The van der Waals surface area contributed by atoms with Crippen molar-refractivity contribution in [1.82, 2.24) is 14.5 Å². The van der Waals surface area contributed by atoms with E-state index in [9.17, 15) is 9.18 Å². The standard InChI is InChI=1S/C30H32FN5O/c31-26-11-5-4-8-24(26)22-36-28-13-7-6-12-27(28)32-30(36)35-16-14-23(15-17-35)29(37)34-20-18-33(19-21-34)25-9-2-1-3-10-25/h1-13,23H,14-22H2. The van der Waals surface area contributed by atoms with Crippen molar-refractivity contribution in [3.05, 3.63) is 90.2 Å². The summed E-state index contributed by atoms with van der Waals surface area (Å²) in [7, 11) is 0. The molecule has 0 bridgehead atoms. The first-order valence-corrected chi connectivity index (χ1v) is 13.2. The number of hydrogen-bond acceptors (Lipinski definition) is 4. The summed E-state index contributed by atoms with van der Waals surface area (Å²) < 4.78 is 16.6. The third-order valence-electron chi connectivity index (χ3n) is 7.76. The number of piperazine rings is 1. The Morgan fingerprint density at radius 3 is 2.22 bits per heavy atom. The quantitative estimate of drug-likeness (QED) is 0.398. The van der Waals surface area contributed by atoms with Gasteiger partial charge < -0.3 is 19.3 Å². The van der Waals surface area contributed by atoms with Crippen LogP contribution in [0.5, 0.6) is 0 Å². The molecule has 0 N–H and O–H groups in total. The van der Waals surface area contributed by atoms with Crippen molar-refractivity contribution in [1.29, 1.82) is 0 Å². The van der Waals surface area contributed by atoms with Crippen LogP contribution >= 0.6 is 0 Å². The summed E-state index contributed by atoms with van der Waals surface area (Å²) in [6.45, 7) is 5.23. The Morgan fingerprint density at radius 1 is 0.784 bits per heavy atom. The molecule has 2 aliphatic heterocycles. The summed E-state index contributed by atoms with van der Waals surface area (Å²) in [5.41, 5.74) is 3.77. The molecule has 1 aromatic heterocycles. The lowest BCUT2D eigenvalue weighted by molar-refractivity contribution is -0.136. The average molecular weight is 498 g/mol. The van der Waals surface area contributed by atoms with Gasteiger partial charge in [-0.3, -0.25) is 4.79 Å². The first-order chi connectivity index (χ1) is 18.2. The van der Waals surface area contributed by atoms with E-state index in [0.29, 0.717) is 12.1 Å². The molecular formula is C30H32FN5O. The van der Waals surface area contributed by atoms with E-state index < -0.39 is 0 Å². The monoisotopic (exact) mass is 497 g/mol. The Bertz CT molecular complexity index is 1370. The van der Waals surface area contributed by atoms with Gasteiger partial charge in [0.15, 0.2) is 0 Å². The Kier molecular flexibility index (Phi) is 6.51. The summed E-state index contributed by atoms with van der Waals surface area (Å²) in [4.78, 5) is 24.9. The molecule has 0 saturated carbocycles. The van der Waals surface area contributed by atoms with Gasteiger partial charge >= 0.3 is 0 Å². The zero-order chi connectivity index (χ0) is 25.2. The molecule has 37 heavy (non-hydrogen) atoms. The van der Waals surface area contributed by atoms with Crippen LogP contribution in [0.25, 0.3) is 11.0 Å². The van der Waals surface area contributed by atoms with E-state index in [4.69, 9.17) is 4.98 Å². The number of carbonyl (C=O) groups is 1. The van der Waals surface area contributed by atoms with E-state index in [0.717, 1.165) is 69.1 Å². The highest BCUT2D eigenvalue weighted by Crippen LogP contribution is 2.29. The molecule has 7 heteroatoms. The number of aromatic nitrogens is 2. The fourth-order valence-corrected chi connectivity index (χ4v) is 5.67. The third kappa shape index (κ3) is 4.78. The number of benzene rings is 3. The maximum absolute atomic E-state index is 14.5. The highest BCUT2D eigenvalue weighted by atomic mass is 19.1. The maximum atomic E-state index is 14.5. The maximum Gasteiger partial charge on any atom is 0.225 e. The highest BCUT2D eigenvalue weighted by Gasteiger charge is 2.32. The number of imidazole rings is 1. The van der Waals surface area contributed by atoms with Crippen LogP contribution in [0, 0.1) is 11.7 Å².